The first kappa shape index (κ1) is 14.1. The molecule has 19 heavy (non-hydrogen) atoms. The second-order valence-corrected chi connectivity index (χ2v) is 6.31. The molecule has 1 aromatic carbocycles. The van der Waals surface area contributed by atoms with Crippen LogP contribution in [0.15, 0.2) is 27.6 Å². The maximum absolute atomic E-state index is 5.93. The molecule has 0 aliphatic rings. The summed E-state index contributed by atoms with van der Waals surface area (Å²) < 4.78 is 5.21. The standard InChI is InChI=1S/C14H19N3OS/c1-9-5-6-11(10(2)7-9)19-8-12-16-13(17-18-12)14(3,4)15/h5-7H,8,15H2,1-4H3. The van der Waals surface area contributed by atoms with E-state index in [0.717, 1.165) is 0 Å². The highest BCUT2D eigenvalue weighted by molar-refractivity contribution is 7.98. The van der Waals surface area contributed by atoms with E-state index in [-0.39, 0.29) is 0 Å². The van der Waals surface area contributed by atoms with Crippen LogP contribution in [0.1, 0.15) is 36.7 Å². The number of aromatic nitrogens is 2. The smallest absolute Gasteiger partial charge is 0.237 e. The van der Waals surface area contributed by atoms with Crippen molar-refractivity contribution in [3.63, 3.8) is 0 Å². The van der Waals surface area contributed by atoms with E-state index in [1.165, 1.54) is 16.0 Å². The Morgan fingerprint density at radius 3 is 2.63 bits per heavy atom. The highest BCUT2D eigenvalue weighted by Gasteiger charge is 2.21. The Labute approximate surface area is 117 Å². The van der Waals surface area contributed by atoms with Crippen LogP contribution in [-0.4, -0.2) is 10.1 Å². The number of nitrogens with two attached hydrogens (primary N) is 1. The minimum Gasteiger partial charge on any atom is -0.338 e. The molecule has 2 N–H and O–H groups in total. The van der Waals surface area contributed by atoms with Crippen molar-refractivity contribution in [1.29, 1.82) is 0 Å². The van der Waals surface area contributed by atoms with Gasteiger partial charge in [0.2, 0.25) is 5.89 Å². The zero-order valence-corrected chi connectivity index (χ0v) is 12.5. The Balaban J connectivity index is 2.04. The van der Waals surface area contributed by atoms with Gasteiger partial charge in [-0.3, -0.25) is 0 Å². The average molecular weight is 277 g/mol. The molecule has 0 aliphatic carbocycles. The van der Waals surface area contributed by atoms with Crippen molar-refractivity contribution in [2.75, 3.05) is 0 Å². The molecule has 5 heteroatoms. The van der Waals surface area contributed by atoms with Gasteiger partial charge in [0.25, 0.3) is 0 Å². The molecule has 0 saturated carbocycles. The van der Waals surface area contributed by atoms with Gasteiger partial charge in [-0.1, -0.05) is 22.9 Å². The van der Waals surface area contributed by atoms with E-state index in [1.54, 1.807) is 11.8 Å². The number of hydrogen-bond donors (Lipinski definition) is 1. The van der Waals surface area contributed by atoms with Crippen LogP contribution >= 0.6 is 11.8 Å². The predicted octanol–water partition coefficient (Wildman–Crippen LogP) is 3.17. The molecule has 2 rings (SSSR count). The third-order valence-corrected chi connectivity index (χ3v) is 3.89. The molecule has 0 fully saturated rings. The SMILES string of the molecule is Cc1ccc(SCc2nc(C(C)(C)N)no2)c(C)c1. The molecule has 2 aromatic rings. The minimum absolute atomic E-state index is 0.545. The Bertz CT molecular complexity index is 572. The number of nitrogens with zero attached hydrogens (tertiary/aromatic N) is 2. The Kier molecular flexibility index (Phi) is 3.96. The van der Waals surface area contributed by atoms with Crippen molar-refractivity contribution in [1.82, 2.24) is 10.1 Å². The molecule has 0 saturated heterocycles. The number of aryl methyl sites for hydroxylation is 2. The molecule has 0 spiro atoms. The van der Waals surface area contributed by atoms with E-state index >= 15 is 0 Å². The summed E-state index contributed by atoms with van der Waals surface area (Å²) in [6, 6.07) is 6.40. The van der Waals surface area contributed by atoms with Crippen LogP contribution < -0.4 is 5.73 Å². The molecule has 1 aromatic heterocycles. The van der Waals surface area contributed by atoms with Crippen molar-refractivity contribution in [2.24, 2.45) is 5.73 Å². The second kappa shape index (κ2) is 5.35. The van der Waals surface area contributed by atoms with E-state index in [0.29, 0.717) is 17.5 Å². The van der Waals surface area contributed by atoms with Crippen LogP contribution in [0.5, 0.6) is 0 Å². The van der Waals surface area contributed by atoms with Crippen molar-refractivity contribution < 1.29 is 4.52 Å². The fourth-order valence-electron chi connectivity index (χ4n) is 1.68. The molecule has 0 atom stereocenters. The summed E-state index contributed by atoms with van der Waals surface area (Å²) >= 11 is 1.70. The first-order chi connectivity index (χ1) is 8.86. The molecule has 4 nitrogen and oxygen atoms in total. The maximum atomic E-state index is 5.93. The fraction of sp³-hybridized carbons (Fsp3) is 0.429. The van der Waals surface area contributed by atoms with Crippen LogP contribution in [0.25, 0.3) is 0 Å². The van der Waals surface area contributed by atoms with E-state index < -0.39 is 5.54 Å². The zero-order chi connectivity index (χ0) is 14.0. The summed E-state index contributed by atoms with van der Waals surface area (Å²) in [5.41, 5.74) is 7.90. The van der Waals surface area contributed by atoms with E-state index in [4.69, 9.17) is 10.3 Å². The van der Waals surface area contributed by atoms with Gasteiger partial charge in [0.1, 0.15) is 0 Å². The molecule has 0 radical (unpaired) electrons. The van der Waals surface area contributed by atoms with Gasteiger partial charge in [0, 0.05) is 4.90 Å². The molecule has 1 heterocycles. The number of rotatable bonds is 4. The van der Waals surface area contributed by atoms with Gasteiger partial charge in [-0.25, -0.2) is 0 Å². The Morgan fingerprint density at radius 2 is 2.05 bits per heavy atom. The van der Waals surface area contributed by atoms with Crippen LogP contribution in [0, 0.1) is 13.8 Å². The summed E-state index contributed by atoms with van der Waals surface area (Å²) in [5, 5.41) is 3.91. The van der Waals surface area contributed by atoms with Gasteiger partial charge in [0.05, 0.1) is 11.3 Å². The quantitative estimate of drug-likeness (QED) is 0.870. The van der Waals surface area contributed by atoms with Crippen LogP contribution in [-0.2, 0) is 11.3 Å². The van der Waals surface area contributed by atoms with Crippen molar-refractivity contribution in [3.8, 4) is 0 Å². The number of thioether (sulfide) groups is 1. The van der Waals surface area contributed by atoms with Crippen molar-refractivity contribution in [3.05, 3.63) is 41.0 Å². The van der Waals surface area contributed by atoms with E-state index in [1.807, 2.05) is 13.8 Å². The molecular formula is C14H19N3OS. The summed E-state index contributed by atoms with van der Waals surface area (Å²) in [6.07, 6.45) is 0. The lowest BCUT2D eigenvalue weighted by atomic mass is 10.1. The summed E-state index contributed by atoms with van der Waals surface area (Å²) in [4.78, 5) is 5.55. The summed E-state index contributed by atoms with van der Waals surface area (Å²) in [7, 11) is 0. The van der Waals surface area contributed by atoms with Crippen LogP contribution in [0.3, 0.4) is 0 Å². The monoisotopic (exact) mass is 277 g/mol. The third-order valence-electron chi connectivity index (χ3n) is 2.73. The Morgan fingerprint density at radius 1 is 1.32 bits per heavy atom. The summed E-state index contributed by atoms with van der Waals surface area (Å²) in [6.45, 7) is 7.92. The largest absolute Gasteiger partial charge is 0.338 e. The third kappa shape index (κ3) is 3.58. The first-order valence-electron chi connectivity index (χ1n) is 6.18. The van der Waals surface area contributed by atoms with Gasteiger partial charge < -0.3 is 10.3 Å². The van der Waals surface area contributed by atoms with E-state index in [2.05, 4.69) is 42.2 Å². The van der Waals surface area contributed by atoms with Gasteiger partial charge >= 0.3 is 0 Å². The lowest BCUT2D eigenvalue weighted by Crippen LogP contribution is -2.30. The fourth-order valence-corrected chi connectivity index (χ4v) is 2.52. The van der Waals surface area contributed by atoms with Crippen molar-refractivity contribution in [2.45, 2.75) is 43.9 Å². The number of benzene rings is 1. The highest BCUT2D eigenvalue weighted by Crippen LogP contribution is 2.26. The molecule has 0 unspecified atom stereocenters. The normalized spacial score (nSPS) is 11.8. The van der Waals surface area contributed by atoms with Gasteiger partial charge in [0.15, 0.2) is 5.82 Å². The molecular weight excluding hydrogens is 258 g/mol. The lowest BCUT2D eigenvalue weighted by Gasteiger charge is -2.11. The second-order valence-electron chi connectivity index (χ2n) is 5.29. The van der Waals surface area contributed by atoms with E-state index in [9.17, 15) is 0 Å². The zero-order valence-electron chi connectivity index (χ0n) is 11.7. The molecule has 0 bridgehead atoms. The minimum atomic E-state index is -0.563. The van der Waals surface area contributed by atoms with Gasteiger partial charge in [-0.05, 0) is 39.3 Å². The average Bonchev–Trinajstić information content (AvgIpc) is 2.76. The summed E-state index contributed by atoms with van der Waals surface area (Å²) in [5.74, 6) is 1.81. The van der Waals surface area contributed by atoms with Crippen LogP contribution in [0.4, 0.5) is 0 Å². The number of hydrogen-bond acceptors (Lipinski definition) is 5. The molecule has 102 valence electrons. The van der Waals surface area contributed by atoms with Crippen molar-refractivity contribution >= 4 is 11.8 Å². The highest BCUT2D eigenvalue weighted by atomic mass is 32.2. The van der Waals surface area contributed by atoms with Gasteiger partial charge in [-0.15, -0.1) is 11.8 Å². The first-order valence-corrected chi connectivity index (χ1v) is 7.17. The van der Waals surface area contributed by atoms with Gasteiger partial charge in [-0.2, -0.15) is 4.98 Å². The maximum Gasteiger partial charge on any atom is 0.237 e. The van der Waals surface area contributed by atoms with Crippen LogP contribution in [0.2, 0.25) is 0 Å². The topological polar surface area (TPSA) is 64.9 Å². The molecule has 0 amide bonds. The lowest BCUT2D eigenvalue weighted by molar-refractivity contribution is 0.370. The molecule has 0 aliphatic heterocycles. The Hall–Kier alpha value is -1.33. The predicted molar refractivity (Wildman–Crippen MR) is 77.0 cm³/mol.